The first kappa shape index (κ1) is 23.0. The second kappa shape index (κ2) is 9.33. The summed E-state index contributed by atoms with van der Waals surface area (Å²) >= 11 is 1.62. The maximum absolute atomic E-state index is 12.9. The van der Waals surface area contributed by atoms with Gasteiger partial charge in [-0.05, 0) is 25.8 Å². The quantitative estimate of drug-likeness (QED) is 0.245. The van der Waals surface area contributed by atoms with E-state index in [1.165, 1.54) is 19.1 Å². The van der Waals surface area contributed by atoms with E-state index in [-0.39, 0.29) is 41.5 Å². The van der Waals surface area contributed by atoms with Gasteiger partial charge in [0.25, 0.3) is 5.69 Å². The number of nitro groups is 1. The van der Waals surface area contributed by atoms with E-state index < -0.39 is 35.2 Å². The molecule has 3 heterocycles. The molecule has 2 saturated heterocycles. The monoisotopic (exact) mass is 481 g/mol. The molecule has 3 aliphatic heterocycles. The van der Waals surface area contributed by atoms with Crippen LogP contribution in [0.3, 0.4) is 0 Å². The number of hydrogen-bond donors (Lipinski definition) is 2. The Labute approximate surface area is 192 Å². The average Bonchev–Trinajstić information content (AvgIpc) is 3.44. The number of amides is 3. The number of carboxylic acids is 1. The molecule has 178 valence electrons. The lowest BCUT2D eigenvalue weighted by Crippen LogP contribution is -2.42. The molecule has 0 radical (unpaired) electrons. The number of carboxylic acid groups (broad SMARTS) is 1. The standard InChI is InChI=1S/C20H23N3O9S/c1-10(11-6-14-15(31-9-30-14)7-12(11)23(28)29)32-20(27)22-13-8-33-16(18(13)21-19(22)26)4-2-3-5-17(24)25/h6-7,10,13,16,18H,2-5,8-9H2,1H3,(H,21,26)(H,24,25)/t10?,13-,16-,18-/m0/s1. The van der Waals surface area contributed by atoms with E-state index in [4.69, 9.17) is 19.3 Å². The highest BCUT2D eigenvalue weighted by Gasteiger charge is 2.51. The van der Waals surface area contributed by atoms with Crippen LogP contribution >= 0.6 is 11.8 Å². The second-order valence-electron chi connectivity index (χ2n) is 7.97. The minimum atomic E-state index is -1.01. The van der Waals surface area contributed by atoms with Gasteiger partial charge in [-0.15, -0.1) is 0 Å². The van der Waals surface area contributed by atoms with Crippen LogP contribution < -0.4 is 14.8 Å². The summed E-state index contributed by atoms with van der Waals surface area (Å²) in [6.07, 6.45) is 0.183. The molecule has 1 unspecified atom stereocenters. The maximum Gasteiger partial charge on any atom is 0.418 e. The summed E-state index contributed by atoms with van der Waals surface area (Å²) in [7, 11) is 0. The van der Waals surface area contributed by atoms with E-state index in [0.29, 0.717) is 24.3 Å². The number of carbonyl (C=O) groups excluding carboxylic acids is 2. The third-order valence-electron chi connectivity index (χ3n) is 5.90. The number of thioether (sulfide) groups is 1. The van der Waals surface area contributed by atoms with E-state index in [9.17, 15) is 24.5 Å². The molecular formula is C20H23N3O9S. The van der Waals surface area contributed by atoms with E-state index in [0.717, 1.165) is 11.3 Å². The Hall–Kier alpha value is -3.22. The van der Waals surface area contributed by atoms with Crippen LogP contribution in [0.5, 0.6) is 11.5 Å². The molecule has 0 saturated carbocycles. The minimum Gasteiger partial charge on any atom is -0.481 e. The van der Waals surface area contributed by atoms with Crippen molar-refractivity contribution in [1.29, 1.82) is 0 Å². The molecule has 2 fully saturated rings. The van der Waals surface area contributed by atoms with Crippen molar-refractivity contribution < 1.29 is 38.6 Å². The van der Waals surface area contributed by atoms with Crippen LogP contribution in [0.4, 0.5) is 15.3 Å². The van der Waals surface area contributed by atoms with E-state index in [2.05, 4.69) is 5.32 Å². The lowest BCUT2D eigenvalue weighted by Gasteiger charge is -2.22. The fraction of sp³-hybridized carbons (Fsp3) is 0.550. The summed E-state index contributed by atoms with van der Waals surface area (Å²) < 4.78 is 15.9. The van der Waals surface area contributed by atoms with Gasteiger partial charge in [-0.25, -0.2) is 14.5 Å². The van der Waals surface area contributed by atoms with Crippen LogP contribution in [0.1, 0.15) is 44.3 Å². The van der Waals surface area contributed by atoms with Crippen molar-refractivity contribution in [2.45, 2.75) is 56.0 Å². The average molecular weight is 481 g/mol. The number of unbranched alkanes of at least 4 members (excludes halogenated alkanes) is 1. The fourth-order valence-electron chi connectivity index (χ4n) is 4.27. The Morgan fingerprint density at radius 3 is 2.79 bits per heavy atom. The first-order valence-corrected chi connectivity index (χ1v) is 11.5. The topological polar surface area (TPSA) is 158 Å². The van der Waals surface area contributed by atoms with Crippen LogP contribution in [0.25, 0.3) is 0 Å². The third-order valence-corrected chi connectivity index (χ3v) is 7.39. The molecule has 1 aromatic carbocycles. The SMILES string of the molecule is CC(OC(=O)N1C(=O)N[C@@H]2[C@H](CCCCC(=O)O)SC[C@@H]21)c1cc2c(cc1[N+](=O)[O-])OCO2. The fourth-order valence-corrected chi connectivity index (χ4v) is 5.86. The van der Waals surface area contributed by atoms with Gasteiger partial charge in [0.1, 0.15) is 6.10 Å². The molecule has 1 aromatic rings. The molecule has 33 heavy (non-hydrogen) atoms. The Balaban J connectivity index is 1.41. The van der Waals surface area contributed by atoms with E-state index >= 15 is 0 Å². The number of fused-ring (bicyclic) bond motifs is 2. The van der Waals surface area contributed by atoms with Gasteiger partial charge in [-0.3, -0.25) is 14.9 Å². The number of rotatable bonds is 8. The lowest BCUT2D eigenvalue weighted by molar-refractivity contribution is -0.386. The van der Waals surface area contributed by atoms with Crippen LogP contribution in [0.15, 0.2) is 12.1 Å². The molecule has 0 aromatic heterocycles. The van der Waals surface area contributed by atoms with Crippen molar-refractivity contribution >= 4 is 35.5 Å². The first-order valence-electron chi connectivity index (χ1n) is 10.5. The Morgan fingerprint density at radius 2 is 2.09 bits per heavy atom. The third kappa shape index (κ3) is 4.63. The molecule has 0 aliphatic carbocycles. The maximum atomic E-state index is 12.9. The highest BCUT2D eigenvalue weighted by atomic mass is 32.2. The molecule has 0 spiro atoms. The van der Waals surface area contributed by atoms with Gasteiger partial charge in [0.2, 0.25) is 6.79 Å². The molecule has 3 aliphatic rings. The summed E-state index contributed by atoms with van der Waals surface area (Å²) in [5.41, 5.74) is -0.146. The number of urea groups is 1. The van der Waals surface area contributed by atoms with E-state index in [1.54, 1.807) is 11.8 Å². The molecular weight excluding hydrogens is 458 g/mol. The highest BCUT2D eigenvalue weighted by molar-refractivity contribution is 8.00. The molecule has 4 atom stereocenters. The van der Waals surface area contributed by atoms with Gasteiger partial charge in [-0.2, -0.15) is 11.8 Å². The van der Waals surface area contributed by atoms with Gasteiger partial charge in [-0.1, -0.05) is 6.42 Å². The molecule has 0 bridgehead atoms. The van der Waals surface area contributed by atoms with Crippen LogP contribution in [-0.4, -0.2) is 62.9 Å². The molecule has 13 heteroatoms. The van der Waals surface area contributed by atoms with Crippen LogP contribution in [0.2, 0.25) is 0 Å². The van der Waals surface area contributed by atoms with Crippen molar-refractivity contribution in [2.75, 3.05) is 12.5 Å². The summed E-state index contributed by atoms with van der Waals surface area (Å²) in [5, 5.41) is 23.2. The molecule has 12 nitrogen and oxygen atoms in total. The number of hydrogen-bond acceptors (Lipinski definition) is 9. The highest BCUT2D eigenvalue weighted by Crippen LogP contribution is 2.42. The number of aliphatic carboxylic acids is 1. The van der Waals surface area contributed by atoms with Crippen molar-refractivity contribution in [3.8, 4) is 11.5 Å². The number of nitro benzene ring substituents is 1. The number of ether oxygens (including phenoxy) is 3. The van der Waals surface area contributed by atoms with Gasteiger partial charge >= 0.3 is 18.1 Å². The van der Waals surface area contributed by atoms with Crippen molar-refractivity contribution in [3.63, 3.8) is 0 Å². The van der Waals surface area contributed by atoms with Crippen molar-refractivity contribution in [3.05, 3.63) is 27.8 Å². The van der Waals surface area contributed by atoms with Gasteiger partial charge in [0.15, 0.2) is 11.5 Å². The largest absolute Gasteiger partial charge is 0.481 e. The zero-order valence-corrected chi connectivity index (χ0v) is 18.5. The Morgan fingerprint density at radius 1 is 1.36 bits per heavy atom. The Bertz CT molecular complexity index is 988. The van der Waals surface area contributed by atoms with Gasteiger partial charge in [0, 0.05) is 17.4 Å². The number of nitrogens with one attached hydrogen (secondary N) is 1. The Kier molecular flexibility index (Phi) is 6.49. The van der Waals surface area contributed by atoms with Crippen LogP contribution in [0, 0.1) is 10.1 Å². The van der Waals surface area contributed by atoms with E-state index in [1.807, 2.05) is 0 Å². The smallest absolute Gasteiger partial charge is 0.418 e. The summed E-state index contributed by atoms with van der Waals surface area (Å²) in [6, 6.07) is 1.40. The molecule has 3 amide bonds. The van der Waals surface area contributed by atoms with Gasteiger partial charge < -0.3 is 24.6 Å². The first-order chi connectivity index (χ1) is 15.8. The second-order valence-corrected chi connectivity index (χ2v) is 9.24. The number of nitrogens with zero attached hydrogens (tertiary/aromatic N) is 2. The summed E-state index contributed by atoms with van der Waals surface area (Å²) in [4.78, 5) is 48.0. The lowest BCUT2D eigenvalue weighted by atomic mass is 10.0. The molecule has 2 N–H and O–H groups in total. The van der Waals surface area contributed by atoms with Crippen molar-refractivity contribution in [1.82, 2.24) is 10.2 Å². The van der Waals surface area contributed by atoms with Crippen molar-refractivity contribution in [2.24, 2.45) is 0 Å². The minimum absolute atomic E-state index is 0.0593. The zero-order valence-electron chi connectivity index (χ0n) is 17.7. The predicted octanol–water partition coefficient (Wildman–Crippen LogP) is 3.04. The summed E-state index contributed by atoms with van der Waals surface area (Å²) in [5.74, 6) is 0.242. The number of carbonyl (C=O) groups is 3. The van der Waals surface area contributed by atoms with Gasteiger partial charge in [0.05, 0.1) is 28.6 Å². The predicted molar refractivity (Wildman–Crippen MR) is 114 cm³/mol. The number of benzene rings is 1. The zero-order chi connectivity index (χ0) is 23.7. The normalized spacial score (nSPS) is 23.7. The number of imide groups is 1. The van der Waals surface area contributed by atoms with Crippen LogP contribution in [-0.2, 0) is 9.53 Å². The molecule has 4 rings (SSSR count). The summed E-state index contributed by atoms with van der Waals surface area (Å²) in [6.45, 7) is 1.43.